The Kier molecular flexibility index (Phi) is 6.47. The van der Waals surface area contributed by atoms with E-state index in [1.54, 1.807) is 0 Å². The first-order valence-corrected chi connectivity index (χ1v) is 6.46. The van der Waals surface area contributed by atoms with Crippen LogP contribution in [0, 0.1) is 5.92 Å². The topological polar surface area (TPSA) is 81.6 Å². The maximum absolute atomic E-state index is 11.9. The van der Waals surface area contributed by atoms with Crippen LogP contribution in [-0.4, -0.2) is 48.0 Å². The van der Waals surface area contributed by atoms with Crippen molar-refractivity contribution >= 4 is 5.91 Å². The molecule has 1 saturated heterocycles. The molecule has 1 amide bonds. The highest BCUT2D eigenvalue weighted by Gasteiger charge is 2.27. The second-order valence-electron chi connectivity index (χ2n) is 4.76. The fraction of sp³-hybridized carbons (Fsp3) is 0.917. The number of rotatable bonds is 6. The highest BCUT2D eigenvalue weighted by Crippen LogP contribution is 2.21. The fourth-order valence-electron chi connectivity index (χ4n) is 2.32. The van der Waals surface area contributed by atoms with Gasteiger partial charge in [-0.1, -0.05) is 19.8 Å². The number of hydrogen-bond acceptors (Lipinski definition) is 4. The van der Waals surface area contributed by atoms with E-state index < -0.39 is 6.04 Å². The van der Waals surface area contributed by atoms with Crippen molar-refractivity contribution in [2.24, 2.45) is 5.92 Å². The molecule has 0 saturated carbocycles. The van der Waals surface area contributed by atoms with E-state index in [1.165, 1.54) is 0 Å². The summed E-state index contributed by atoms with van der Waals surface area (Å²) in [5.41, 5.74) is 0. The zero-order valence-electron chi connectivity index (χ0n) is 10.5. The number of carbonyl (C=O) groups excluding carboxylic acids is 1. The van der Waals surface area contributed by atoms with Crippen molar-refractivity contribution in [2.45, 2.75) is 44.7 Å². The van der Waals surface area contributed by atoms with Gasteiger partial charge in [-0.25, -0.2) is 0 Å². The minimum absolute atomic E-state index is 0.112. The van der Waals surface area contributed by atoms with Crippen LogP contribution in [0.5, 0.6) is 0 Å². The van der Waals surface area contributed by atoms with Gasteiger partial charge in [0.2, 0.25) is 5.91 Å². The maximum atomic E-state index is 11.9. The summed E-state index contributed by atoms with van der Waals surface area (Å²) in [6.07, 6.45) is 4.29. The van der Waals surface area contributed by atoms with Crippen LogP contribution in [0.2, 0.25) is 0 Å². The molecule has 2 unspecified atom stereocenters. The van der Waals surface area contributed by atoms with Gasteiger partial charge in [0, 0.05) is 0 Å². The summed E-state index contributed by atoms with van der Waals surface area (Å²) in [6.45, 7) is 2.57. The van der Waals surface area contributed by atoms with Gasteiger partial charge in [0.25, 0.3) is 0 Å². The third kappa shape index (κ3) is 4.61. The molecule has 0 aromatic rings. The quantitative estimate of drug-likeness (QED) is 0.513. The van der Waals surface area contributed by atoms with Crippen LogP contribution >= 0.6 is 0 Å². The normalized spacial score (nSPS) is 24.9. The molecule has 1 aliphatic heterocycles. The summed E-state index contributed by atoms with van der Waals surface area (Å²) >= 11 is 0. The predicted octanol–water partition coefficient (Wildman–Crippen LogP) is -0.376. The number of aliphatic hydroxyl groups excluding tert-OH is 2. The van der Waals surface area contributed by atoms with Gasteiger partial charge in [0.1, 0.15) is 0 Å². The van der Waals surface area contributed by atoms with Crippen LogP contribution < -0.4 is 10.6 Å². The molecule has 0 aromatic heterocycles. The average molecular weight is 244 g/mol. The van der Waals surface area contributed by atoms with Crippen LogP contribution in [0.3, 0.4) is 0 Å². The van der Waals surface area contributed by atoms with Crippen molar-refractivity contribution in [1.82, 2.24) is 10.6 Å². The third-order valence-electron chi connectivity index (χ3n) is 3.31. The summed E-state index contributed by atoms with van der Waals surface area (Å²) in [7, 11) is 0. The number of nitrogens with one attached hydrogen (secondary N) is 2. The molecular formula is C12H24N2O3. The maximum Gasteiger partial charge on any atom is 0.237 e. The van der Waals surface area contributed by atoms with Gasteiger partial charge in [0.15, 0.2) is 0 Å². The number of piperidine rings is 1. The Labute approximate surface area is 103 Å². The van der Waals surface area contributed by atoms with E-state index in [0.717, 1.165) is 32.2 Å². The summed E-state index contributed by atoms with van der Waals surface area (Å²) in [6, 6.07) is -0.725. The molecule has 17 heavy (non-hydrogen) atoms. The summed E-state index contributed by atoms with van der Waals surface area (Å²) in [5, 5.41) is 23.7. The Balaban J connectivity index is 2.40. The molecule has 4 N–H and O–H groups in total. The number of hydrogen-bond donors (Lipinski definition) is 4. The van der Waals surface area contributed by atoms with Crippen LogP contribution in [0.15, 0.2) is 0 Å². The molecule has 0 aliphatic carbocycles. The van der Waals surface area contributed by atoms with Crippen molar-refractivity contribution in [3.63, 3.8) is 0 Å². The Bertz CT molecular complexity index is 230. The largest absolute Gasteiger partial charge is 0.394 e. The van der Waals surface area contributed by atoms with Crippen molar-refractivity contribution in [2.75, 3.05) is 19.8 Å². The lowest BCUT2D eigenvalue weighted by Gasteiger charge is -2.30. The van der Waals surface area contributed by atoms with E-state index in [1.807, 2.05) is 0 Å². The van der Waals surface area contributed by atoms with Gasteiger partial charge in [-0.3, -0.25) is 4.79 Å². The van der Waals surface area contributed by atoms with Gasteiger partial charge in [-0.2, -0.15) is 0 Å². The van der Waals surface area contributed by atoms with Crippen LogP contribution in [0.25, 0.3) is 0 Å². The first kappa shape index (κ1) is 14.4. The first-order valence-electron chi connectivity index (χ1n) is 6.46. The summed E-state index contributed by atoms with van der Waals surface area (Å²) in [4.78, 5) is 11.9. The lowest BCUT2D eigenvalue weighted by Crippen LogP contribution is -2.52. The van der Waals surface area contributed by atoms with Crippen molar-refractivity contribution in [3.05, 3.63) is 0 Å². The molecule has 0 bridgehead atoms. The van der Waals surface area contributed by atoms with E-state index in [0.29, 0.717) is 5.92 Å². The van der Waals surface area contributed by atoms with E-state index in [4.69, 9.17) is 10.2 Å². The molecule has 1 heterocycles. The Morgan fingerprint density at radius 2 is 2.18 bits per heavy atom. The zero-order chi connectivity index (χ0) is 12.7. The van der Waals surface area contributed by atoms with Gasteiger partial charge < -0.3 is 20.8 Å². The first-order chi connectivity index (χ1) is 8.21. The second kappa shape index (κ2) is 7.63. The number of amides is 1. The van der Waals surface area contributed by atoms with Gasteiger partial charge in [0.05, 0.1) is 25.3 Å². The monoisotopic (exact) mass is 244 g/mol. The van der Waals surface area contributed by atoms with Crippen molar-refractivity contribution < 1.29 is 15.0 Å². The lowest BCUT2D eigenvalue weighted by atomic mass is 9.88. The molecule has 1 fully saturated rings. The van der Waals surface area contributed by atoms with Crippen molar-refractivity contribution in [3.8, 4) is 0 Å². The summed E-state index contributed by atoms with van der Waals surface area (Å²) < 4.78 is 0. The minimum atomic E-state index is -0.546. The molecule has 5 heteroatoms. The Morgan fingerprint density at radius 1 is 1.47 bits per heavy atom. The van der Waals surface area contributed by atoms with Gasteiger partial charge >= 0.3 is 0 Å². The molecule has 1 rings (SSSR count). The highest BCUT2D eigenvalue weighted by molar-refractivity contribution is 5.82. The van der Waals surface area contributed by atoms with Crippen LogP contribution in [0.4, 0.5) is 0 Å². The molecule has 0 aromatic carbocycles. The Hall–Kier alpha value is -0.650. The zero-order valence-corrected chi connectivity index (χ0v) is 10.5. The molecule has 1 aliphatic rings. The SMILES string of the molecule is CCCC1CCNC(C(=O)NC(CO)CO)C1. The number of carbonyl (C=O) groups is 1. The number of aliphatic hydroxyl groups is 2. The molecule has 100 valence electrons. The molecule has 5 nitrogen and oxygen atoms in total. The third-order valence-corrected chi connectivity index (χ3v) is 3.31. The average Bonchev–Trinajstić information content (AvgIpc) is 2.36. The molecular weight excluding hydrogens is 220 g/mol. The van der Waals surface area contributed by atoms with Crippen molar-refractivity contribution in [1.29, 1.82) is 0 Å². The fourth-order valence-corrected chi connectivity index (χ4v) is 2.32. The highest BCUT2D eigenvalue weighted by atomic mass is 16.3. The second-order valence-corrected chi connectivity index (χ2v) is 4.76. The molecule has 0 radical (unpaired) electrons. The van der Waals surface area contributed by atoms with E-state index in [2.05, 4.69) is 17.6 Å². The summed E-state index contributed by atoms with van der Waals surface area (Å²) in [5.74, 6) is 0.498. The smallest absolute Gasteiger partial charge is 0.237 e. The Morgan fingerprint density at radius 3 is 2.76 bits per heavy atom. The standard InChI is InChI=1S/C12H24N2O3/c1-2-3-9-4-5-13-11(6-9)12(17)14-10(7-15)8-16/h9-11,13,15-16H,2-8H2,1H3,(H,14,17). The lowest BCUT2D eigenvalue weighted by molar-refractivity contribution is -0.125. The van der Waals surface area contributed by atoms with Crippen LogP contribution in [-0.2, 0) is 4.79 Å². The van der Waals surface area contributed by atoms with Gasteiger partial charge in [-0.15, -0.1) is 0 Å². The van der Waals surface area contributed by atoms with E-state index in [-0.39, 0.29) is 25.2 Å². The van der Waals surface area contributed by atoms with E-state index in [9.17, 15) is 4.79 Å². The van der Waals surface area contributed by atoms with E-state index >= 15 is 0 Å². The minimum Gasteiger partial charge on any atom is -0.394 e. The van der Waals surface area contributed by atoms with Gasteiger partial charge in [-0.05, 0) is 25.3 Å². The van der Waals surface area contributed by atoms with Crippen LogP contribution in [0.1, 0.15) is 32.6 Å². The molecule has 2 atom stereocenters. The molecule has 0 spiro atoms. The predicted molar refractivity (Wildman–Crippen MR) is 65.5 cm³/mol.